The summed E-state index contributed by atoms with van der Waals surface area (Å²) in [6.07, 6.45) is 3.32. The second-order valence-electron chi connectivity index (χ2n) is 6.26. The summed E-state index contributed by atoms with van der Waals surface area (Å²) in [4.78, 5) is 16.5. The van der Waals surface area contributed by atoms with E-state index in [1.807, 2.05) is 13.0 Å². The van der Waals surface area contributed by atoms with E-state index in [2.05, 4.69) is 20.9 Å². The first-order chi connectivity index (χ1) is 11.8. The monoisotopic (exact) mass is 366 g/mol. The Balaban J connectivity index is 1.97. The summed E-state index contributed by atoms with van der Waals surface area (Å²) >= 11 is 0. The van der Waals surface area contributed by atoms with Gasteiger partial charge < -0.3 is 16.0 Å². The number of aliphatic imine (C=N–C) groups is 1. The molecule has 7 nitrogen and oxygen atoms in total. The minimum atomic E-state index is -3.22. The van der Waals surface area contributed by atoms with Crippen LogP contribution in [0.3, 0.4) is 0 Å². The number of benzene rings is 1. The van der Waals surface area contributed by atoms with Gasteiger partial charge in [-0.3, -0.25) is 4.79 Å². The number of hydrogen-bond donors (Lipinski definition) is 3. The van der Waals surface area contributed by atoms with Gasteiger partial charge in [-0.2, -0.15) is 0 Å². The molecule has 1 amide bonds. The lowest BCUT2D eigenvalue weighted by Crippen LogP contribution is -2.43. The fourth-order valence-electron chi connectivity index (χ4n) is 2.41. The van der Waals surface area contributed by atoms with Crippen LogP contribution in [0.2, 0.25) is 0 Å². The van der Waals surface area contributed by atoms with E-state index in [1.165, 1.54) is 6.26 Å². The number of aryl methyl sites for hydroxylation is 1. The van der Waals surface area contributed by atoms with Gasteiger partial charge in [0.15, 0.2) is 15.8 Å². The second-order valence-corrected chi connectivity index (χ2v) is 8.25. The lowest BCUT2D eigenvalue weighted by Gasteiger charge is -2.12. The van der Waals surface area contributed by atoms with Gasteiger partial charge in [0.1, 0.15) is 0 Å². The van der Waals surface area contributed by atoms with Crippen molar-refractivity contribution in [2.45, 2.75) is 44.2 Å². The summed E-state index contributed by atoms with van der Waals surface area (Å²) in [5, 5.41) is 9.01. The number of amides is 1. The van der Waals surface area contributed by atoms with Crippen molar-refractivity contribution in [2.75, 3.05) is 19.3 Å². The molecule has 0 spiro atoms. The SMILES string of the molecule is CCNC(=NCc1ccc(S(C)(=O)=O)c(C)c1)NCC(=O)NC1CC1. The molecule has 0 aromatic heterocycles. The zero-order valence-electron chi connectivity index (χ0n) is 14.9. The van der Waals surface area contributed by atoms with Gasteiger partial charge in [0, 0.05) is 18.8 Å². The van der Waals surface area contributed by atoms with Crippen molar-refractivity contribution in [3.63, 3.8) is 0 Å². The first-order valence-electron chi connectivity index (χ1n) is 8.40. The average Bonchev–Trinajstić information content (AvgIpc) is 3.32. The summed E-state index contributed by atoms with van der Waals surface area (Å²) in [6.45, 7) is 4.97. The molecule has 0 unspecified atom stereocenters. The molecule has 0 heterocycles. The molecule has 8 heteroatoms. The molecular formula is C17H26N4O3S. The van der Waals surface area contributed by atoms with Crippen molar-refractivity contribution in [1.29, 1.82) is 0 Å². The predicted molar refractivity (Wildman–Crippen MR) is 98.3 cm³/mol. The van der Waals surface area contributed by atoms with E-state index in [0.717, 1.165) is 18.4 Å². The van der Waals surface area contributed by atoms with Crippen molar-refractivity contribution >= 4 is 21.7 Å². The van der Waals surface area contributed by atoms with E-state index < -0.39 is 9.84 Å². The Morgan fingerprint density at radius 1 is 1.28 bits per heavy atom. The van der Waals surface area contributed by atoms with Crippen LogP contribution in [0.15, 0.2) is 28.1 Å². The van der Waals surface area contributed by atoms with Crippen LogP contribution >= 0.6 is 0 Å². The first kappa shape index (κ1) is 19.2. The van der Waals surface area contributed by atoms with E-state index in [-0.39, 0.29) is 12.5 Å². The number of nitrogens with one attached hydrogen (secondary N) is 3. The molecule has 0 aliphatic heterocycles. The Kier molecular flexibility index (Phi) is 6.41. The normalized spacial score (nSPS) is 14.9. The molecular weight excluding hydrogens is 340 g/mol. The van der Waals surface area contributed by atoms with Gasteiger partial charge >= 0.3 is 0 Å². The molecule has 1 aliphatic rings. The van der Waals surface area contributed by atoms with E-state index in [4.69, 9.17) is 0 Å². The summed E-state index contributed by atoms with van der Waals surface area (Å²) in [7, 11) is -3.22. The van der Waals surface area contributed by atoms with E-state index in [0.29, 0.717) is 35.5 Å². The lowest BCUT2D eigenvalue weighted by molar-refractivity contribution is -0.120. The Bertz CT molecular complexity index is 755. The molecule has 1 saturated carbocycles. The van der Waals surface area contributed by atoms with Gasteiger partial charge in [-0.05, 0) is 43.9 Å². The van der Waals surface area contributed by atoms with Crippen LogP contribution in [0.1, 0.15) is 30.9 Å². The van der Waals surface area contributed by atoms with Crippen molar-refractivity contribution in [3.05, 3.63) is 29.3 Å². The maximum absolute atomic E-state index is 11.7. The maximum atomic E-state index is 11.7. The maximum Gasteiger partial charge on any atom is 0.239 e. The zero-order valence-corrected chi connectivity index (χ0v) is 15.7. The third-order valence-corrected chi connectivity index (χ3v) is 5.02. The molecule has 138 valence electrons. The van der Waals surface area contributed by atoms with E-state index in [1.54, 1.807) is 19.1 Å². The largest absolute Gasteiger partial charge is 0.357 e. The number of hydrogen-bond acceptors (Lipinski definition) is 4. The van der Waals surface area contributed by atoms with Gasteiger partial charge in [-0.1, -0.05) is 12.1 Å². The highest BCUT2D eigenvalue weighted by Gasteiger charge is 2.22. The summed E-state index contributed by atoms with van der Waals surface area (Å²) < 4.78 is 23.3. The van der Waals surface area contributed by atoms with Crippen LogP contribution in [0, 0.1) is 6.92 Å². The number of carbonyl (C=O) groups excluding carboxylic acids is 1. The molecule has 0 saturated heterocycles. The van der Waals surface area contributed by atoms with Crippen molar-refractivity contribution in [1.82, 2.24) is 16.0 Å². The van der Waals surface area contributed by atoms with Gasteiger partial charge in [0.2, 0.25) is 5.91 Å². The smallest absolute Gasteiger partial charge is 0.239 e. The van der Waals surface area contributed by atoms with Gasteiger partial charge in [-0.25, -0.2) is 13.4 Å². The molecule has 25 heavy (non-hydrogen) atoms. The van der Waals surface area contributed by atoms with Crippen molar-refractivity contribution in [3.8, 4) is 0 Å². The van der Waals surface area contributed by atoms with Crippen LogP contribution in [-0.4, -0.2) is 45.7 Å². The number of nitrogens with zero attached hydrogens (tertiary/aromatic N) is 1. The average molecular weight is 366 g/mol. The van der Waals surface area contributed by atoms with Gasteiger partial charge in [0.25, 0.3) is 0 Å². The van der Waals surface area contributed by atoms with Crippen LogP contribution in [-0.2, 0) is 21.2 Å². The Hall–Kier alpha value is -2.09. The molecule has 3 N–H and O–H groups in total. The zero-order chi connectivity index (χ0) is 18.4. The number of guanidine groups is 1. The van der Waals surface area contributed by atoms with Crippen LogP contribution in [0.5, 0.6) is 0 Å². The third-order valence-electron chi connectivity index (χ3n) is 3.76. The molecule has 1 fully saturated rings. The molecule has 0 radical (unpaired) electrons. The Labute approximate surface area is 149 Å². The molecule has 1 aliphatic carbocycles. The number of carbonyl (C=O) groups is 1. The lowest BCUT2D eigenvalue weighted by atomic mass is 10.1. The van der Waals surface area contributed by atoms with Crippen molar-refractivity contribution < 1.29 is 13.2 Å². The number of rotatable bonds is 7. The van der Waals surface area contributed by atoms with Crippen LogP contribution < -0.4 is 16.0 Å². The number of sulfone groups is 1. The second kappa shape index (κ2) is 8.33. The molecule has 0 bridgehead atoms. The van der Waals surface area contributed by atoms with Crippen LogP contribution in [0.4, 0.5) is 0 Å². The molecule has 0 atom stereocenters. The standard InChI is InChI=1S/C17H26N4O3S/c1-4-18-17(20-11-16(22)21-14-6-7-14)19-10-13-5-8-15(12(2)9-13)25(3,23)24/h5,8-9,14H,4,6-7,10-11H2,1-3H3,(H,21,22)(H2,18,19,20). The minimum Gasteiger partial charge on any atom is -0.357 e. The highest BCUT2D eigenvalue weighted by atomic mass is 32.2. The molecule has 1 aromatic rings. The third kappa shape index (κ3) is 6.38. The fraction of sp³-hybridized carbons (Fsp3) is 0.529. The van der Waals surface area contributed by atoms with Gasteiger partial charge in [-0.15, -0.1) is 0 Å². The molecule has 2 rings (SSSR count). The van der Waals surface area contributed by atoms with E-state index in [9.17, 15) is 13.2 Å². The first-order valence-corrected chi connectivity index (χ1v) is 10.3. The van der Waals surface area contributed by atoms with E-state index >= 15 is 0 Å². The molecule has 1 aromatic carbocycles. The Morgan fingerprint density at radius 3 is 2.56 bits per heavy atom. The highest BCUT2D eigenvalue weighted by Crippen LogP contribution is 2.18. The Morgan fingerprint density at radius 2 is 2.00 bits per heavy atom. The van der Waals surface area contributed by atoms with Crippen LogP contribution in [0.25, 0.3) is 0 Å². The van der Waals surface area contributed by atoms with Crippen molar-refractivity contribution in [2.24, 2.45) is 4.99 Å². The minimum absolute atomic E-state index is 0.0403. The van der Waals surface area contributed by atoms with Gasteiger partial charge in [0.05, 0.1) is 18.0 Å². The summed E-state index contributed by atoms with van der Waals surface area (Å²) in [5.41, 5.74) is 1.61. The fourth-order valence-corrected chi connectivity index (χ4v) is 3.37. The predicted octanol–water partition coefficient (Wildman–Crippen LogP) is 0.732. The topological polar surface area (TPSA) is 99.7 Å². The highest BCUT2D eigenvalue weighted by molar-refractivity contribution is 7.90. The quantitative estimate of drug-likeness (QED) is 0.488. The summed E-state index contributed by atoms with van der Waals surface area (Å²) in [6, 6.07) is 5.53. The summed E-state index contributed by atoms with van der Waals surface area (Å²) in [5.74, 6) is 0.514.